The number of alkyl halides is 2. The van der Waals surface area contributed by atoms with E-state index in [2.05, 4.69) is 19.7 Å². The Kier molecular flexibility index (Phi) is 3.69. The number of imidazole rings is 1. The normalized spacial score (nSPS) is 11.6. The van der Waals surface area contributed by atoms with E-state index in [9.17, 15) is 13.6 Å². The number of aliphatic imine (C=N–C) groups is 1. The van der Waals surface area contributed by atoms with Crippen molar-refractivity contribution in [2.75, 3.05) is 0 Å². The van der Waals surface area contributed by atoms with Gasteiger partial charge in [-0.1, -0.05) is 0 Å². The maximum Gasteiger partial charge on any atom is 0.387 e. The molecule has 0 aliphatic heterocycles. The fraction of sp³-hybridized carbons (Fsp3) is 0.0667. The summed E-state index contributed by atoms with van der Waals surface area (Å²) in [5.74, 6) is 0.0958. The van der Waals surface area contributed by atoms with Gasteiger partial charge in [-0.2, -0.15) is 8.78 Å². The molecule has 0 aliphatic carbocycles. The maximum absolute atomic E-state index is 12.0. The van der Waals surface area contributed by atoms with Crippen LogP contribution in [0.2, 0.25) is 0 Å². The van der Waals surface area contributed by atoms with E-state index >= 15 is 0 Å². The lowest BCUT2D eigenvalue weighted by Crippen LogP contribution is -2.01. The summed E-state index contributed by atoms with van der Waals surface area (Å²) in [6.45, 7) is -2.84. The molecule has 0 amide bonds. The summed E-state index contributed by atoms with van der Waals surface area (Å²) in [6.07, 6.45) is 1.60. The molecule has 0 bridgehead atoms. The zero-order chi connectivity index (χ0) is 15.5. The number of halogens is 2. The van der Waals surface area contributed by atoms with Crippen LogP contribution in [-0.4, -0.2) is 22.8 Å². The molecule has 0 aliphatic rings. The number of ether oxygens (including phenoxy) is 1. The van der Waals surface area contributed by atoms with Crippen molar-refractivity contribution in [2.24, 2.45) is 4.99 Å². The molecule has 0 unspecified atom stereocenters. The monoisotopic (exact) mass is 303 g/mol. The van der Waals surface area contributed by atoms with Crippen LogP contribution < -0.4 is 10.4 Å². The summed E-state index contributed by atoms with van der Waals surface area (Å²) < 4.78 is 28.4. The van der Waals surface area contributed by atoms with Crippen LogP contribution in [0.1, 0.15) is 5.56 Å². The predicted octanol–water partition coefficient (Wildman–Crippen LogP) is 3.21. The summed E-state index contributed by atoms with van der Waals surface area (Å²) in [7, 11) is 0. The average Bonchev–Trinajstić information content (AvgIpc) is 2.85. The highest BCUT2D eigenvalue weighted by Gasteiger charge is 2.03. The Hall–Kier alpha value is -2.96. The third kappa shape index (κ3) is 3.20. The van der Waals surface area contributed by atoms with E-state index in [1.807, 2.05) is 0 Å². The fourth-order valence-corrected chi connectivity index (χ4v) is 1.99. The van der Waals surface area contributed by atoms with Gasteiger partial charge in [0.1, 0.15) is 5.75 Å². The first-order valence-corrected chi connectivity index (χ1v) is 6.41. The van der Waals surface area contributed by atoms with Crippen LogP contribution >= 0.6 is 0 Å². The molecule has 3 rings (SSSR count). The number of H-pyrrole nitrogens is 2. The Morgan fingerprint density at radius 3 is 2.50 bits per heavy atom. The van der Waals surface area contributed by atoms with Gasteiger partial charge >= 0.3 is 12.3 Å². The summed E-state index contributed by atoms with van der Waals surface area (Å²) in [5, 5.41) is 0. The minimum atomic E-state index is -2.84. The second kappa shape index (κ2) is 5.80. The summed E-state index contributed by atoms with van der Waals surface area (Å²) >= 11 is 0. The molecular weight excluding hydrogens is 292 g/mol. The topological polar surface area (TPSA) is 70.2 Å². The number of rotatable bonds is 4. The highest BCUT2D eigenvalue weighted by molar-refractivity contribution is 5.84. The van der Waals surface area contributed by atoms with Crippen molar-refractivity contribution in [1.29, 1.82) is 0 Å². The van der Waals surface area contributed by atoms with Crippen LogP contribution in [0.4, 0.5) is 14.5 Å². The number of hydrogen-bond acceptors (Lipinski definition) is 3. The Morgan fingerprint density at radius 2 is 1.77 bits per heavy atom. The molecule has 7 heteroatoms. The Balaban J connectivity index is 1.78. The van der Waals surface area contributed by atoms with E-state index < -0.39 is 6.61 Å². The van der Waals surface area contributed by atoms with Gasteiger partial charge in [0.15, 0.2) is 0 Å². The minimum absolute atomic E-state index is 0.0958. The van der Waals surface area contributed by atoms with E-state index in [-0.39, 0.29) is 11.4 Å². The number of aromatic amines is 2. The maximum atomic E-state index is 12.0. The van der Waals surface area contributed by atoms with Gasteiger partial charge in [-0.3, -0.25) is 4.99 Å². The SMILES string of the molecule is O=c1[nH]c2ccc(N=Cc3ccc(OC(F)F)cc3)cc2[nH]1. The molecule has 0 saturated heterocycles. The third-order valence-corrected chi connectivity index (χ3v) is 2.97. The van der Waals surface area contributed by atoms with Crippen molar-refractivity contribution < 1.29 is 13.5 Å². The number of aromatic nitrogens is 2. The van der Waals surface area contributed by atoms with Gasteiger partial charge in [-0.15, -0.1) is 0 Å². The quantitative estimate of drug-likeness (QED) is 0.727. The molecule has 0 radical (unpaired) electrons. The highest BCUT2D eigenvalue weighted by atomic mass is 19.3. The molecule has 2 N–H and O–H groups in total. The molecule has 0 fully saturated rings. The number of nitrogens with zero attached hydrogens (tertiary/aromatic N) is 1. The molecule has 0 spiro atoms. The van der Waals surface area contributed by atoms with E-state index in [4.69, 9.17) is 0 Å². The Bertz CT molecular complexity index is 866. The highest BCUT2D eigenvalue weighted by Crippen LogP contribution is 2.18. The van der Waals surface area contributed by atoms with Gasteiger partial charge in [0, 0.05) is 6.21 Å². The van der Waals surface area contributed by atoms with E-state index in [1.165, 1.54) is 12.1 Å². The van der Waals surface area contributed by atoms with Gasteiger partial charge in [0.05, 0.1) is 16.7 Å². The van der Waals surface area contributed by atoms with Crippen molar-refractivity contribution in [1.82, 2.24) is 9.97 Å². The predicted molar refractivity (Wildman–Crippen MR) is 79.2 cm³/mol. The largest absolute Gasteiger partial charge is 0.435 e. The molecular formula is C15H11F2N3O2. The first-order valence-electron chi connectivity index (χ1n) is 6.41. The van der Waals surface area contributed by atoms with E-state index in [1.54, 1.807) is 36.5 Å². The first kappa shape index (κ1) is 14.0. The zero-order valence-electron chi connectivity index (χ0n) is 11.2. The van der Waals surface area contributed by atoms with Gasteiger partial charge in [-0.25, -0.2) is 4.79 Å². The van der Waals surface area contributed by atoms with Crippen molar-refractivity contribution in [2.45, 2.75) is 6.61 Å². The third-order valence-electron chi connectivity index (χ3n) is 2.97. The summed E-state index contributed by atoms with van der Waals surface area (Å²) in [6, 6.07) is 11.4. The molecule has 1 heterocycles. The van der Waals surface area contributed by atoms with Crippen LogP contribution in [0.15, 0.2) is 52.3 Å². The summed E-state index contributed by atoms with van der Waals surface area (Å²) in [4.78, 5) is 20.7. The molecule has 0 atom stereocenters. The van der Waals surface area contributed by atoms with Crippen LogP contribution in [0.25, 0.3) is 11.0 Å². The molecule has 22 heavy (non-hydrogen) atoms. The summed E-state index contributed by atoms with van der Waals surface area (Å²) in [5.41, 5.74) is 2.50. The van der Waals surface area contributed by atoms with Crippen LogP contribution in [0, 0.1) is 0 Å². The van der Waals surface area contributed by atoms with Crippen molar-refractivity contribution in [3.63, 3.8) is 0 Å². The van der Waals surface area contributed by atoms with Gasteiger partial charge in [0.2, 0.25) is 0 Å². The second-order valence-corrected chi connectivity index (χ2v) is 4.51. The molecule has 1 aromatic heterocycles. The van der Waals surface area contributed by atoms with Crippen LogP contribution in [-0.2, 0) is 0 Å². The standard InChI is InChI=1S/C15H11F2N3O2/c16-14(17)22-11-4-1-9(2-5-11)8-18-10-3-6-12-13(7-10)20-15(21)19-12/h1-8,14H,(H2,19,20,21). The number of nitrogens with one attached hydrogen (secondary N) is 2. The zero-order valence-corrected chi connectivity index (χ0v) is 11.2. The Morgan fingerprint density at radius 1 is 1.05 bits per heavy atom. The minimum Gasteiger partial charge on any atom is -0.435 e. The van der Waals surface area contributed by atoms with Gasteiger partial charge in [0.25, 0.3) is 0 Å². The number of hydrogen-bond donors (Lipinski definition) is 2. The second-order valence-electron chi connectivity index (χ2n) is 4.51. The van der Waals surface area contributed by atoms with Crippen molar-refractivity contribution >= 4 is 22.9 Å². The lowest BCUT2D eigenvalue weighted by Gasteiger charge is -2.03. The molecule has 3 aromatic rings. The molecule has 5 nitrogen and oxygen atoms in total. The van der Waals surface area contributed by atoms with Crippen LogP contribution in [0.3, 0.4) is 0 Å². The van der Waals surface area contributed by atoms with Gasteiger partial charge < -0.3 is 14.7 Å². The molecule has 2 aromatic carbocycles. The lowest BCUT2D eigenvalue weighted by molar-refractivity contribution is -0.0498. The van der Waals surface area contributed by atoms with E-state index in [0.717, 1.165) is 5.56 Å². The Labute approximate surface area is 123 Å². The molecule has 112 valence electrons. The number of fused-ring (bicyclic) bond motifs is 1. The average molecular weight is 303 g/mol. The van der Waals surface area contributed by atoms with Crippen LogP contribution in [0.5, 0.6) is 5.75 Å². The first-order chi connectivity index (χ1) is 10.6. The number of benzene rings is 2. The van der Waals surface area contributed by atoms with Crippen molar-refractivity contribution in [3.05, 3.63) is 58.5 Å². The smallest absolute Gasteiger partial charge is 0.387 e. The van der Waals surface area contributed by atoms with E-state index in [0.29, 0.717) is 16.7 Å². The fourth-order valence-electron chi connectivity index (χ4n) is 1.99. The lowest BCUT2D eigenvalue weighted by atomic mass is 10.2. The van der Waals surface area contributed by atoms with Gasteiger partial charge in [-0.05, 0) is 48.0 Å². The molecule has 0 saturated carbocycles. The van der Waals surface area contributed by atoms with Crippen molar-refractivity contribution in [3.8, 4) is 5.75 Å².